The van der Waals surface area contributed by atoms with E-state index in [1.165, 1.54) is 5.56 Å². The van der Waals surface area contributed by atoms with E-state index in [1.54, 1.807) is 0 Å². The van der Waals surface area contributed by atoms with E-state index in [4.69, 9.17) is 4.74 Å². The standard InChI is InChI=1S/C20H25NO2/c1-20(12-6-3-7-13-20)16-21-14-10-18(21)19(22)23-15-11-17-8-4-2-5-9-17/h2-9,12,18H,10-11,13-16H2,1H3. The Bertz CT molecular complexity index is 593. The van der Waals surface area contributed by atoms with Crippen molar-refractivity contribution in [1.29, 1.82) is 0 Å². The van der Waals surface area contributed by atoms with Gasteiger partial charge in [-0.25, -0.2) is 0 Å². The van der Waals surface area contributed by atoms with Crippen LogP contribution in [0.25, 0.3) is 0 Å². The summed E-state index contributed by atoms with van der Waals surface area (Å²) in [6.45, 7) is 4.63. The van der Waals surface area contributed by atoms with Gasteiger partial charge in [-0.2, -0.15) is 0 Å². The van der Waals surface area contributed by atoms with Crippen molar-refractivity contribution in [2.75, 3.05) is 19.7 Å². The maximum absolute atomic E-state index is 12.3. The molecule has 1 heterocycles. The Hall–Kier alpha value is -1.87. The van der Waals surface area contributed by atoms with Crippen molar-refractivity contribution in [3.8, 4) is 0 Å². The summed E-state index contributed by atoms with van der Waals surface area (Å²) in [5.41, 5.74) is 1.34. The molecule has 0 N–H and O–H groups in total. The lowest BCUT2D eigenvalue weighted by Crippen LogP contribution is -2.55. The number of hydrogen-bond acceptors (Lipinski definition) is 3. The highest BCUT2D eigenvalue weighted by Crippen LogP contribution is 2.32. The van der Waals surface area contributed by atoms with Crippen LogP contribution < -0.4 is 0 Å². The van der Waals surface area contributed by atoms with Crippen LogP contribution in [0.3, 0.4) is 0 Å². The minimum Gasteiger partial charge on any atom is -0.464 e. The molecule has 2 aliphatic rings. The number of carbonyl (C=O) groups is 1. The highest BCUT2D eigenvalue weighted by Gasteiger charge is 2.38. The van der Waals surface area contributed by atoms with Crippen molar-refractivity contribution in [3.05, 3.63) is 60.2 Å². The maximum atomic E-state index is 12.3. The average Bonchev–Trinajstić information content (AvgIpc) is 2.53. The van der Waals surface area contributed by atoms with Crippen LogP contribution in [-0.4, -0.2) is 36.6 Å². The average molecular weight is 311 g/mol. The van der Waals surface area contributed by atoms with E-state index in [2.05, 4.69) is 48.3 Å². The van der Waals surface area contributed by atoms with Crippen LogP contribution in [0.15, 0.2) is 54.6 Å². The van der Waals surface area contributed by atoms with E-state index >= 15 is 0 Å². The molecule has 3 nitrogen and oxygen atoms in total. The van der Waals surface area contributed by atoms with Crippen LogP contribution in [-0.2, 0) is 16.0 Å². The Morgan fingerprint density at radius 2 is 2.13 bits per heavy atom. The van der Waals surface area contributed by atoms with Gasteiger partial charge < -0.3 is 4.74 Å². The van der Waals surface area contributed by atoms with Crippen LogP contribution in [0.2, 0.25) is 0 Å². The Kier molecular flexibility index (Phi) is 4.97. The van der Waals surface area contributed by atoms with Gasteiger partial charge in [0.2, 0.25) is 0 Å². The molecule has 2 unspecified atom stereocenters. The van der Waals surface area contributed by atoms with Crippen molar-refractivity contribution in [1.82, 2.24) is 4.90 Å². The Morgan fingerprint density at radius 1 is 1.30 bits per heavy atom. The first kappa shape index (κ1) is 16.0. The number of nitrogens with zero attached hydrogens (tertiary/aromatic N) is 1. The summed E-state index contributed by atoms with van der Waals surface area (Å²) in [4.78, 5) is 14.5. The fourth-order valence-corrected chi connectivity index (χ4v) is 3.26. The number of hydrogen-bond donors (Lipinski definition) is 0. The Labute approximate surface area is 138 Å². The van der Waals surface area contributed by atoms with Gasteiger partial charge in [0, 0.05) is 24.9 Å². The fourth-order valence-electron chi connectivity index (χ4n) is 3.26. The van der Waals surface area contributed by atoms with Crippen molar-refractivity contribution < 1.29 is 9.53 Å². The third kappa shape index (κ3) is 4.11. The van der Waals surface area contributed by atoms with Gasteiger partial charge in [-0.05, 0) is 18.4 Å². The molecule has 122 valence electrons. The Morgan fingerprint density at radius 3 is 2.78 bits per heavy atom. The van der Waals surface area contributed by atoms with Gasteiger partial charge >= 0.3 is 5.97 Å². The molecule has 1 aliphatic heterocycles. The zero-order valence-electron chi connectivity index (χ0n) is 13.8. The molecule has 1 aliphatic carbocycles. The highest BCUT2D eigenvalue weighted by molar-refractivity contribution is 5.76. The molecule has 1 fully saturated rings. The number of ether oxygens (including phenoxy) is 1. The summed E-state index contributed by atoms with van der Waals surface area (Å²) in [6.07, 6.45) is 11.4. The molecule has 0 spiro atoms. The van der Waals surface area contributed by atoms with E-state index in [1.807, 2.05) is 18.2 Å². The van der Waals surface area contributed by atoms with Gasteiger partial charge in [0.05, 0.1) is 6.61 Å². The molecule has 2 atom stereocenters. The third-order valence-corrected chi connectivity index (χ3v) is 4.77. The molecular formula is C20H25NO2. The zero-order chi connectivity index (χ0) is 16.1. The summed E-state index contributed by atoms with van der Waals surface area (Å²) in [7, 11) is 0. The van der Waals surface area contributed by atoms with Crippen molar-refractivity contribution in [2.24, 2.45) is 5.41 Å². The summed E-state index contributed by atoms with van der Waals surface area (Å²) in [5, 5.41) is 0. The lowest BCUT2D eigenvalue weighted by molar-refractivity contribution is -0.155. The molecule has 0 aromatic heterocycles. The Balaban J connectivity index is 1.44. The van der Waals surface area contributed by atoms with Crippen LogP contribution in [0.5, 0.6) is 0 Å². The van der Waals surface area contributed by atoms with E-state index < -0.39 is 0 Å². The minimum atomic E-state index is -0.0638. The monoisotopic (exact) mass is 311 g/mol. The molecule has 1 aromatic rings. The fraction of sp³-hybridized carbons (Fsp3) is 0.450. The normalized spacial score (nSPS) is 26.7. The second-order valence-electron chi connectivity index (χ2n) is 6.82. The molecule has 0 saturated carbocycles. The predicted molar refractivity (Wildman–Crippen MR) is 92.1 cm³/mol. The number of esters is 1. The number of allylic oxidation sites excluding steroid dienone is 3. The van der Waals surface area contributed by atoms with Crippen LogP contribution >= 0.6 is 0 Å². The predicted octanol–water partition coefficient (Wildman–Crippen LogP) is 3.37. The first-order valence-corrected chi connectivity index (χ1v) is 8.45. The van der Waals surface area contributed by atoms with Gasteiger partial charge in [-0.1, -0.05) is 61.6 Å². The molecule has 3 heteroatoms. The van der Waals surface area contributed by atoms with Crippen LogP contribution in [0.4, 0.5) is 0 Å². The molecule has 0 amide bonds. The lowest BCUT2D eigenvalue weighted by Gasteiger charge is -2.44. The number of benzene rings is 1. The van der Waals surface area contributed by atoms with Gasteiger partial charge in [0.15, 0.2) is 0 Å². The molecule has 0 radical (unpaired) electrons. The summed E-state index contributed by atoms with van der Waals surface area (Å²) in [6, 6.07) is 10.1. The maximum Gasteiger partial charge on any atom is 0.323 e. The van der Waals surface area contributed by atoms with E-state index in [0.717, 1.165) is 32.4 Å². The second kappa shape index (κ2) is 7.14. The van der Waals surface area contributed by atoms with Crippen molar-refractivity contribution in [3.63, 3.8) is 0 Å². The summed E-state index contributed by atoms with van der Waals surface area (Å²) in [5.74, 6) is -0.0638. The van der Waals surface area contributed by atoms with Crippen molar-refractivity contribution >= 4 is 5.97 Å². The molecule has 0 bridgehead atoms. The van der Waals surface area contributed by atoms with Gasteiger partial charge in [0.25, 0.3) is 0 Å². The quantitative estimate of drug-likeness (QED) is 0.754. The first-order valence-electron chi connectivity index (χ1n) is 8.45. The lowest BCUT2D eigenvalue weighted by atomic mass is 9.81. The number of likely N-dealkylation sites (tertiary alicyclic amines) is 1. The second-order valence-corrected chi connectivity index (χ2v) is 6.82. The first-order chi connectivity index (χ1) is 11.2. The van der Waals surface area contributed by atoms with E-state index in [-0.39, 0.29) is 17.4 Å². The summed E-state index contributed by atoms with van der Waals surface area (Å²) >= 11 is 0. The number of carbonyl (C=O) groups excluding carboxylic acids is 1. The van der Waals surface area contributed by atoms with E-state index in [0.29, 0.717) is 6.61 Å². The molecule has 1 saturated heterocycles. The molecule has 1 aromatic carbocycles. The van der Waals surface area contributed by atoms with Gasteiger partial charge in [-0.15, -0.1) is 0 Å². The molecular weight excluding hydrogens is 286 g/mol. The van der Waals surface area contributed by atoms with Gasteiger partial charge in [-0.3, -0.25) is 9.69 Å². The van der Waals surface area contributed by atoms with E-state index in [9.17, 15) is 4.79 Å². The molecule has 23 heavy (non-hydrogen) atoms. The SMILES string of the molecule is CC1(CN2CCC2C(=O)OCCc2ccccc2)C=CC=CC1. The molecule has 3 rings (SSSR count). The smallest absolute Gasteiger partial charge is 0.323 e. The highest BCUT2D eigenvalue weighted by atomic mass is 16.5. The topological polar surface area (TPSA) is 29.5 Å². The van der Waals surface area contributed by atoms with Crippen LogP contribution in [0.1, 0.15) is 25.3 Å². The number of rotatable bonds is 6. The summed E-state index contributed by atoms with van der Waals surface area (Å²) < 4.78 is 5.49. The van der Waals surface area contributed by atoms with Gasteiger partial charge in [0.1, 0.15) is 6.04 Å². The minimum absolute atomic E-state index is 0.0538. The van der Waals surface area contributed by atoms with Crippen LogP contribution in [0, 0.1) is 5.41 Å². The largest absolute Gasteiger partial charge is 0.464 e. The zero-order valence-corrected chi connectivity index (χ0v) is 13.8. The third-order valence-electron chi connectivity index (χ3n) is 4.77. The van der Waals surface area contributed by atoms with Crippen molar-refractivity contribution in [2.45, 2.75) is 32.2 Å².